The van der Waals surface area contributed by atoms with Crippen LogP contribution in [0.5, 0.6) is 5.75 Å². The third kappa shape index (κ3) is 5.13. The fourth-order valence-corrected chi connectivity index (χ4v) is 2.70. The molecular weight excluding hydrogens is 328 g/mol. The van der Waals surface area contributed by atoms with Crippen LogP contribution in [0.25, 0.3) is 0 Å². The van der Waals surface area contributed by atoms with E-state index in [-0.39, 0.29) is 12.1 Å². The van der Waals surface area contributed by atoms with E-state index in [2.05, 4.69) is 44.7 Å². The number of hydrogen-bond acceptors (Lipinski definition) is 4. The number of ether oxygens (including phenoxy) is 1. The quantitative estimate of drug-likeness (QED) is 0.800. The van der Waals surface area contributed by atoms with Crippen LogP contribution in [-0.2, 0) is 0 Å². The molecule has 0 spiro atoms. The predicted octanol–water partition coefficient (Wildman–Crippen LogP) is 3.19. The molecule has 0 saturated carbocycles. The first-order valence-electron chi connectivity index (χ1n) is 8.54. The normalized spacial score (nSPS) is 11.8. The van der Waals surface area contributed by atoms with Gasteiger partial charge in [0.25, 0.3) is 0 Å². The Bertz CT molecular complexity index is 714. The van der Waals surface area contributed by atoms with Crippen LogP contribution in [0.15, 0.2) is 48.5 Å². The fourth-order valence-electron chi connectivity index (χ4n) is 2.70. The molecule has 0 aliphatic carbocycles. The van der Waals surface area contributed by atoms with Gasteiger partial charge in [0.05, 0.1) is 18.8 Å². The molecular formula is C20H28N4O2. The molecule has 1 atom stereocenters. The SMILES string of the molecule is COc1ccccc1NC(=O)NCC(c1ccc(N(C)C)cc1)N(C)C. The Morgan fingerprint density at radius 2 is 1.69 bits per heavy atom. The summed E-state index contributed by atoms with van der Waals surface area (Å²) in [5.74, 6) is 0.631. The Kier molecular flexibility index (Phi) is 6.86. The number of hydrogen-bond donors (Lipinski definition) is 2. The van der Waals surface area contributed by atoms with Crippen LogP contribution in [0.4, 0.5) is 16.2 Å². The van der Waals surface area contributed by atoms with Gasteiger partial charge in [-0.3, -0.25) is 0 Å². The van der Waals surface area contributed by atoms with Crippen LogP contribution >= 0.6 is 0 Å². The highest BCUT2D eigenvalue weighted by atomic mass is 16.5. The lowest BCUT2D eigenvalue weighted by Gasteiger charge is -2.26. The number of likely N-dealkylation sites (N-methyl/N-ethyl adjacent to an activating group) is 1. The average Bonchev–Trinajstić information content (AvgIpc) is 2.62. The first-order chi connectivity index (χ1) is 12.4. The zero-order valence-electron chi connectivity index (χ0n) is 16.1. The van der Waals surface area contributed by atoms with Crippen LogP contribution in [0.3, 0.4) is 0 Å². The first-order valence-corrected chi connectivity index (χ1v) is 8.54. The maximum atomic E-state index is 12.3. The molecule has 2 N–H and O–H groups in total. The summed E-state index contributed by atoms with van der Waals surface area (Å²) >= 11 is 0. The van der Waals surface area contributed by atoms with Crippen molar-refractivity contribution in [3.05, 3.63) is 54.1 Å². The minimum absolute atomic E-state index is 0.0784. The maximum Gasteiger partial charge on any atom is 0.319 e. The molecule has 0 aliphatic heterocycles. The smallest absolute Gasteiger partial charge is 0.319 e. The molecule has 6 heteroatoms. The zero-order valence-corrected chi connectivity index (χ0v) is 16.1. The summed E-state index contributed by atoms with van der Waals surface area (Å²) in [5, 5.41) is 5.77. The van der Waals surface area contributed by atoms with Gasteiger partial charge in [0.2, 0.25) is 0 Å². The molecule has 0 saturated heterocycles. The van der Waals surface area contributed by atoms with Crippen molar-refractivity contribution in [1.29, 1.82) is 0 Å². The number of anilines is 2. The van der Waals surface area contributed by atoms with Crippen molar-refractivity contribution in [2.45, 2.75) is 6.04 Å². The maximum absolute atomic E-state index is 12.3. The number of nitrogens with zero attached hydrogens (tertiary/aromatic N) is 2. The molecule has 0 heterocycles. The van der Waals surface area contributed by atoms with Gasteiger partial charge in [-0.1, -0.05) is 24.3 Å². The Balaban J connectivity index is 2.00. The van der Waals surface area contributed by atoms with Gasteiger partial charge in [-0.15, -0.1) is 0 Å². The van der Waals surface area contributed by atoms with Gasteiger partial charge >= 0.3 is 6.03 Å². The van der Waals surface area contributed by atoms with E-state index < -0.39 is 0 Å². The van der Waals surface area contributed by atoms with Gasteiger partial charge in [-0.05, 0) is 43.9 Å². The monoisotopic (exact) mass is 356 g/mol. The van der Waals surface area contributed by atoms with E-state index in [4.69, 9.17) is 4.74 Å². The Hall–Kier alpha value is -2.73. The number of para-hydroxylation sites is 2. The molecule has 0 bridgehead atoms. The topological polar surface area (TPSA) is 56.8 Å². The molecule has 6 nitrogen and oxygen atoms in total. The predicted molar refractivity (Wildman–Crippen MR) is 107 cm³/mol. The summed E-state index contributed by atoms with van der Waals surface area (Å²) in [7, 11) is 9.62. The summed E-state index contributed by atoms with van der Waals surface area (Å²) in [4.78, 5) is 16.4. The van der Waals surface area contributed by atoms with E-state index in [0.717, 1.165) is 11.3 Å². The highest BCUT2D eigenvalue weighted by Crippen LogP contribution is 2.23. The van der Waals surface area contributed by atoms with E-state index in [0.29, 0.717) is 18.0 Å². The second-order valence-corrected chi connectivity index (χ2v) is 6.50. The van der Waals surface area contributed by atoms with Crippen molar-refractivity contribution in [3.8, 4) is 5.75 Å². The number of carbonyl (C=O) groups excluding carboxylic acids is 1. The summed E-state index contributed by atoms with van der Waals surface area (Å²) in [6.07, 6.45) is 0. The zero-order chi connectivity index (χ0) is 19.1. The van der Waals surface area contributed by atoms with Crippen molar-refractivity contribution in [1.82, 2.24) is 10.2 Å². The van der Waals surface area contributed by atoms with Crippen molar-refractivity contribution >= 4 is 17.4 Å². The molecule has 26 heavy (non-hydrogen) atoms. The summed E-state index contributed by atoms with van der Waals surface area (Å²) in [5.41, 5.74) is 2.94. The van der Waals surface area contributed by atoms with Crippen LogP contribution in [-0.4, -0.2) is 52.8 Å². The van der Waals surface area contributed by atoms with Gasteiger partial charge in [0.15, 0.2) is 0 Å². The lowest BCUT2D eigenvalue weighted by molar-refractivity contribution is 0.243. The van der Waals surface area contributed by atoms with Crippen molar-refractivity contribution in [3.63, 3.8) is 0 Å². The van der Waals surface area contributed by atoms with Gasteiger partial charge in [-0.25, -0.2) is 4.79 Å². The largest absolute Gasteiger partial charge is 0.495 e. The highest BCUT2D eigenvalue weighted by molar-refractivity contribution is 5.90. The lowest BCUT2D eigenvalue weighted by Crippen LogP contribution is -2.37. The molecule has 1 unspecified atom stereocenters. The first kappa shape index (κ1) is 19.6. The summed E-state index contributed by atoms with van der Waals surface area (Å²) in [6.45, 7) is 0.495. The van der Waals surface area contributed by atoms with Crippen LogP contribution in [0.1, 0.15) is 11.6 Å². The minimum atomic E-state index is -0.258. The number of benzene rings is 2. The van der Waals surface area contributed by atoms with E-state index in [1.165, 1.54) is 0 Å². The number of carbonyl (C=O) groups is 1. The second kappa shape index (κ2) is 9.10. The van der Waals surface area contributed by atoms with E-state index in [1.807, 2.05) is 52.5 Å². The average molecular weight is 356 g/mol. The van der Waals surface area contributed by atoms with Crippen molar-refractivity contribution in [2.75, 3.05) is 52.1 Å². The summed E-state index contributed by atoms with van der Waals surface area (Å²) in [6, 6.07) is 15.5. The molecule has 2 rings (SSSR count). The van der Waals surface area contributed by atoms with Gasteiger partial charge in [-0.2, -0.15) is 0 Å². The Morgan fingerprint density at radius 3 is 2.27 bits per heavy atom. The van der Waals surface area contributed by atoms with Crippen molar-refractivity contribution in [2.24, 2.45) is 0 Å². The van der Waals surface area contributed by atoms with Gasteiger partial charge < -0.3 is 25.2 Å². The van der Waals surface area contributed by atoms with E-state index in [9.17, 15) is 4.79 Å². The van der Waals surface area contributed by atoms with Crippen molar-refractivity contribution < 1.29 is 9.53 Å². The molecule has 2 aromatic carbocycles. The molecule has 0 fully saturated rings. The molecule has 0 radical (unpaired) electrons. The Morgan fingerprint density at radius 1 is 1.04 bits per heavy atom. The highest BCUT2D eigenvalue weighted by Gasteiger charge is 2.16. The molecule has 0 aromatic heterocycles. The van der Waals surface area contributed by atoms with Crippen LogP contribution in [0.2, 0.25) is 0 Å². The van der Waals surface area contributed by atoms with Gasteiger partial charge in [0.1, 0.15) is 5.75 Å². The lowest BCUT2D eigenvalue weighted by atomic mass is 10.1. The molecule has 2 amide bonds. The van der Waals surface area contributed by atoms with E-state index in [1.54, 1.807) is 7.11 Å². The standard InChI is InChI=1S/C20H28N4O2/c1-23(2)16-12-10-15(11-13-16)18(24(3)4)14-21-20(25)22-17-8-6-7-9-19(17)26-5/h6-13,18H,14H2,1-5H3,(H2,21,22,25). The summed E-state index contributed by atoms with van der Waals surface area (Å²) < 4.78 is 5.26. The number of amides is 2. The second-order valence-electron chi connectivity index (χ2n) is 6.50. The number of rotatable bonds is 7. The Labute approximate surface area is 155 Å². The van der Waals surface area contributed by atoms with Crippen LogP contribution in [0, 0.1) is 0 Å². The molecule has 2 aromatic rings. The number of methoxy groups -OCH3 is 1. The minimum Gasteiger partial charge on any atom is -0.495 e. The molecule has 140 valence electrons. The van der Waals surface area contributed by atoms with E-state index >= 15 is 0 Å². The third-order valence-corrected chi connectivity index (χ3v) is 4.23. The van der Waals surface area contributed by atoms with Gasteiger partial charge in [0, 0.05) is 26.3 Å². The van der Waals surface area contributed by atoms with Crippen LogP contribution < -0.4 is 20.3 Å². The third-order valence-electron chi connectivity index (χ3n) is 4.23. The number of urea groups is 1. The molecule has 0 aliphatic rings. The fraction of sp³-hybridized carbons (Fsp3) is 0.350. The number of nitrogens with one attached hydrogen (secondary N) is 2.